The highest BCUT2D eigenvalue weighted by Crippen LogP contribution is 2.39. The van der Waals surface area contributed by atoms with Gasteiger partial charge in [0.25, 0.3) is 0 Å². The first-order chi connectivity index (χ1) is 19.9. The second kappa shape index (κ2) is 14.8. The maximum atomic E-state index is 3.55. The van der Waals surface area contributed by atoms with E-state index in [1.807, 2.05) is 6.92 Å². The second-order valence-corrected chi connectivity index (χ2v) is 14.7. The van der Waals surface area contributed by atoms with Crippen molar-refractivity contribution in [1.82, 2.24) is 5.32 Å². The van der Waals surface area contributed by atoms with Gasteiger partial charge in [-0.2, -0.15) is 0 Å². The van der Waals surface area contributed by atoms with Gasteiger partial charge in [0, 0.05) is 22.8 Å². The smallest absolute Gasteiger partial charge is 0.0520 e. The van der Waals surface area contributed by atoms with Gasteiger partial charge in [-0.3, -0.25) is 0 Å². The molecule has 2 rings (SSSR count). The summed E-state index contributed by atoms with van der Waals surface area (Å²) < 4.78 is 0. The van der Waals surface area contributed by atoms with Crippen LogP contribution in [0.25, 0.3) is 0 Å². The Morgan fingerprint density at radius 3 is 1.74 bits per heavy atom. The van der Waals surface area contributed by atoms with Crippen LogP contribution in [0.1, 0.15) is 105 Å². The van der Waals surface area contributed by atoms with Gasteiger partial charge in [-0.15, -0.1) is 0 Å². The van der Waals surface area contributed by atoms with Gasteiger partial charge in [-0.25, -0.2) is 0 Å². The van der Waals surface area contributed by atoms with E-state index in [0.29, 0.717) is 0 Å². The molecule has 0 aromatic heterocycles. The summed E-state index contributed by atoms with van der Waals surface area (Å²) in [5, 5.41) is 3.55. The van der Waals surface area contributed by atoms with Gasteiger partial charge in [-0.05, 0) is 110 Å². The van der Waals surface area contributed by atoms with E-state index in [1.54, 1.807) is 0 Å². The molecular weight excluding hydrogens is 520 g/mol. The van der Waals surface area contributed by atoms with E-state index in [4.69, 9.17) is 0 Å². The molecule has 0 aliphatic heterocycles. The molecule has 0 radical (unpaired) electrons. The highest BCUT2D eigenvalue weighted by molar-refractivity contribution is 5.76. The van der Waals surface area contributed by atoms with Gasteiger partial charge in [0.05, 0.1) is 5.69 Å². The quantitative estimate of drug-likeness (QED) is 0.298. The predicted molar refractivity (Wildman–Crippen MR) is 193 cm³/mol. The third-order valence-electron chi connectivity index (χ3n) is 7.30. The Morgan fingerprint density at radius 1 is 0.721 bits per heavy atom. The van der Waals surface area contributed by atoms with Crippen LogP contribution in [-0.4, -0.2) is 0 Å². The van der Waals surface area contributed by atoms with Gasteiger partial charge in [0.15, 0.2) is 0 Å². The van der Waals surface area contributed by atoms with E-state index in [2.05, 4.69) is 191 Å². The molecule has 2 nitrogen and oxygen atoms in total. The Kier molecular flexibility index (Phi) is 12.3. The zero-order valence-corrected chi connectivity index (χ0v) is 29.6. The molecule has 2 aromatic carbocycles. The number of benzene rings is 2. The fourth-order valence-electron chi connectivity index (χ4n) is 4.88. The Labute approximate surface area is 264 Å². The Morgan fingerprint density at radius 2 is 1.28 bits per heavy atom. The average Bonchev–Trinajstić information content (AvgIpc) is 2.87. The van der Waals surface area contributed by atoms with Crippen molar-refractivity contribution in [3.63, 3.8) is 0 Å². The third-order valence-corrected chi connectivity index (χ3v) is 7.30. The predicted octanol–water partition coefficient (Wildman–Crippen LogP) is 12.1. The minimum atomic E-state index is 0.0920. The molecule has 0 fully saturated rings. The summed E-state index contributed by atoms with van der Waals surface area (Å²) in [5.41, 5.74) is 11.2. The van der Waals surface area contributed by atoms with Crippen molar-refractivity contribution in [2.75, 3.05) is 4.90 Å². The normalized spacial score (nSPS) is 14.4. The van der Waals surface area contributed by atoms with Crippen LogP contribution in [0.4, 0.5) is 11.4 Å². The van der Waals surface area contributed by atoms with Gasteiger partial charge in [-0.1, -0.05) is 117 Å². The Balaban J connectivity index is 2.55. The van der Waals surface area contributed by atoms with Crippen molar-refractivity contribution in [2.24, 2.45) is 5.41 Å². The first kappa shape index (κ1) is 35.7. The summed E-state index contributed by atoms with van der Waals surface area (Å²) in [7, 11) is 0. The zero-order chi connectivity index (χ0) is 32.6. The van der Waals surface area contributed by atoms with Gasteiger partial charge >= 0.3 is 0 Å². The SMILES string of the molecule is C\C=C/C(=C\C=C\C(C)(C)C)N/C(C)=C/C=C\C(=C/C)N(c1ccc(C(C)(C)C)cc1)c1c(C)cc(C(C)(C)C)cc1C. The van der Waals surface area contributed by atoms with Crippen molar-refractivity contribution in [2.45, 2.75) is 108 Å². The minimum Gasteiger partial charge on any atom is -0.359 e. The topological polar surface area (TPSA) is 15.3 Å². The van der Waals surface area contributed by atoms with Crippen molar-refractivity contribution < 1.29 is 0 Å². The van der Waals surface area contributed by atoms with Crippen molar-refractivity contribution in [3.8, 4) is 0 Å². The van der Waals surface area contributed by atoms with Crippen LogP contribution in [0.5, 0.6) is 0 Å². The highest BCUT2D eigenvalue weighted by Gasteiger charge is 2.22. The summed E-state index contributed by atoms with van der Waals surface area (Å²) in [6.45, 7) is 31.0. The summed E-state index contributed by atoms with van der Waals surface area (Å²) in [5.74, 6) is 0. The molecule has 1 N–H and O–H groups in total. The molecule has 0 saturated carbocycles. The van der Waals surface area contributed by atoms with Crippen molar-refractivity contribution in [1.29, 1.82) is 0 Å². The molecule has 0 unspecified atom stereocenters. The zero-order valence-electron chi connectivity index (χ0n) is 29.6. The Bertz CT molecular complexity index is 1380. The molecule has 2 aromatic rings. The van der Waals surface area contributed by atoms with Crippen LogP contribution in [0.15, 0.2) is 108 Å². The fraction of sp³-hybridized carbons (Fsp3) is 0.415. The van der Waals surface area contributed by atoms with Crippen LogP contribution in [-0.2, 0) is 10.8 Å². The summed E-state index contributed by atoms with van der Waals surface area (Å²) in [6, 6.07) is 13.8. The van der Waals surface area contributed by atoms with E-state index >= 15 is 0 Å². The van der Waals surface area contributed by atoms with Gasteiger partial charge < -0.3 is 10.2 Å². The minimum absolute atomic E-state index is 0.0920. The molecular formula is C41H58N2. The number of rotatable bonds is 9. The summed E-state index contributed by atoms with van der Waals surface area (Å²) in [6.07, 6.45) is 19.3. The lowest BCUT2D eigenvalue weighted by atomic mass is 9.84. The van der Waals surface area contributed by atoms with E-state index in [1.165, 1.54) is 27.9 Å². The molecule has 0 amide bonds. The van der Waals surface area contributed by atoms with E-state index in [9.17, 15) is 0 Å². The standard InChI is InChI=1S/C41H58N2/c1-15-19-35(21-18-27-39(6,7)8)42-32(5)20-17-22-36(16-2)43(37-25-23-33(24-26-37)40(9,10)11)38-30(3)28-34(29-31(38)4)41(12,13)14/h15-29,42H,1-14H3/b19-15-,22-17-,27-18+,32-20+,35-21+,36-16+. The van der Waals surface area contributed by atoms with Crippen molar-refractivity contribution in [3.05, 3.63) is 130 Å². The lowest BCUT2D eigenvalue weighted by molar-refractivity contribution is 0.544. The first-order valence-electron chi connectivity index (χ1n) is 15.7. The molecule has 43 heavy (non-hydrogen) atoms. The lowest BCUT2D eigenvalue weighted by Crippen LogP contribution is -2.20. The number of nitrogens with zero attached hydrogens (tertiary/aromatic N) is 1. The van der Waals surface area contributed by atoms with Crippen molar-refractivity contribution >= 4 is 11.4 Å². The molecule has 2 heteroatoms. The molecule has 0 heterocycles. The molecule has 232 valence electrons. The summed E-state index contributed by atoms with van der Waals surface area (Å²) >= 11 is 0. The number of allylic oxidation sites excluding steroid dienone is 10. The van der Waals surface area contributed by atoms with Gasteiger partial charge in [0.2, 0.25) is 0 Å². The van der Waals surface area contributed by atoms with E-state index in [0.717, 1.165) is 22.8 Å². The molecule has 0 aliphatic rings. The fourth-order valence-corrected chi connectivity index (χ4v) is 4.88. The lowest BCUT2D eigenvalue weighted by Gasteiger charge is -2.32. The molecule has 0 bridgehead atoms. The third kappa shape index (κ3) is 10.9. The monoisotopic (exact) mass is 578 g/mol. The number of hydrogen-bond acceptors (Lipinski definition) is 2. The Hall–Kier alpha value is -3.52. The maximum Gasteiger partial charge on any atom is 0.0520 e. The highest BCUT2D eigenvalue weighted by atomic mass is 15.1. The number of anilines is 2. The first-order valence-corrected chi connectivity index (χ1v) is 15.7. The number of aryl methyl sites for hydroxylation is 2. The van der Waals surface area contributed by atoms with E-state index in [-0.39, 0.29) is 16.2 Å². The number of hydrogen-bond donors (Lipinski definition) is 1. The summed E-state index contributed by atoms with van der Waals surface area (Å²) in [4.78, 5) is 2.40. The van der Waals surface area contributed by atoms with Gasteiger partial charge in [0.1, 0.15) is 0 Å². The number of nitrogens with one attached hydrogen (secondary N) is 1. The molecule has 0 saturated heterocycles. The average molecular weight is 579 g/mol. The van der Waals surface area contributed by atoms with Crippen LogP contribution < -0.4 is 10.2 Å². The van der Waals surface area contributed by atoms with Crippen LogP contribution in [0, 0.1) is 19.3 Å². The molecule has 0 atom stereocenters. The largest absolute Gasteiger partial charge is 0.359 e. The molecule has 0 spiro atoms. The van der Waals surface area contributed by atoms with Crippen LogP contribution in [0.3, 0.4) is 0 Å². The maximum absolute atomic E-state index is 3.55. The molecule has 0 aliphatic carbocycles. The second-order valence-electron chi connectivity index (χ2n) is 14.7. The van der Waals surface area contributed by atoms with E-state index < -0.39 is 0 Å². The van der Waals surface area contributed by atoms with Crippen LogP contribution >= 0.6 is 0 Å². The van der Waals surface area contributed by atoms with Crippen LogP contribution in [0.2, 0.25) is 0 Å².